The third kappa shape index (κ3) is 1.60. The summed E-state index contributed by atoms with van der Waals surface area (Å²) in [6, 6.07) is 7.14. The summed E-state index contributed by atoms with van der Waals surface area (Å²) < 4.78 is 9.96. The fourth-order valence-corrected chi connectivity index (χ4v) is 2.11. The lowest BCUT2D eigenvalue weighted by atomic mass is 9.80. The van der Waals surface area contributed by atoms with Crippen LogP contribution in [0, 0.1) is 0 Å². The molecule has 2 unspecified atom stereocenters. The molecule has 1 aromatic carbocycles. The van der Waals surface area contributed by atoms with Crippen LogP contribution in [0.15, 0.2) is 24.3 Å². The molecule has 0 N–H and O–H groups in total. The molecule has 0 saturated heterocycles. The smallest absolute Gasteiger partial charge is 0.350 e. The molecule has 0 aromatic heterocycles. The SMILES string of the molecule is COC(=O)C1(C)OC(=O)c2ccccc2C1C. The highest BCUT2D eigenvalue weighted by Crippen LogP contribution is 2.39. The molecule has 1 aromatic rings. The maximum absolute atomic E-state index is 11.8. The topological polar surface area (TPSA) is 52.6 Å². The Morgan fingerprint density at radius 3 is 2.71 bits per heavy atom. The standard InChI is InChI=1S/C13H14O4/c1-8-9-6-4-5-7-10(9)11(14)17-13(8,2)12(15)16-3/h4-8H,1-3H3. The van der Waals surface area contributed by atoms with Gasteiger partial charge < -0.3 is 9.47 Å². The van der Waals surface area contributed by atoms with Crippen molar-refractivity contribution in [2.45, 2.75) is 25.4 Å². The monoisotopic (exact) mass is 234 g/mol. The number of ether oxygens (including phenoxy) is 2. The first kappa shape index (κ1) is 11.6. The lowest BCUT2D eigenvalue weighted by molar-refractivity contribution is -0.164. The summed E-state index contributed by atoms with van der Waals surface area (Å²) in [5.74, 6) is -1.25. The molecule has 0 spiro atoms. The normalized spacial score (nSPS) is 27.0. The molecule has 0 fully saturated rings. The largest absolute Gasteiger partial charge is 0.466 e. The van der Waals surface area contributed by atoms with Crippen molar-refractivity contribution in [2.24, 2.45) is 0 Å². The Morgan fingerprint density at radius 1 is 1.41 bits per heavy atom. The molecule has 1 heterocycles. The number of carbonyl (C=O) groups is 2. The number of hydrogen-bond donors (Lipinski definition) is 0. The number of fused-ring (bicyclic) bond motifs is 1. The van der Waals surface area contributed by atoms with E-state index in [1.807, 2.05) is 19.1 Å². The summed E-state index contributed by atoms with van der Waals surface area (Å²) in [5.41, 5.74) is 0.0817. The van der Waals surface area contributed by atoms with E-state index < -0.39 is 17.5 Å². The number of methoxy groups -OCH3 is 1. The molecule has 4 heteroatoms. The molecule has 0 bridgehead atoms. The van der Waals surface area contributed by atoms with E-state index in [9.17, 15) is 9.59 Å². The molecule has 0 saturated carbocycles. The Bertz CT molecular complexity index is 480. The molecular formula is C13H14O4. The van der Waals surface area contributed by atoms with Crippen molar-refractivity contribution in [2.75, 3.05) is 7.11 Å². The number of benzene rings is 1. The average Bonchev–Trinajstić information content (AvgIpc) is 2.35. The number of esters is 2. The molecule has 2 rings (SSSR count). The van der Waals surface area contributed by atoms with Crippen molar-refractivity contribution in [3.8, 4) is 0 Å². The molecule has 17 heavy (non-hydrogen) atoms. The first-order valence-corrected chi connectivity index (χ1v) is 5.41. The van der Waals surface area contributed by atoms with Crippen molar-refractivity contribution >= 4 is 11.9 Å². The van der Waals surface area contributed by atoms with Crippen LogP contribution in [0.1, 0.15) is 35.7 Å². The van der Waals surface area contributed by atoms with Crippen LogP contribution in [0.25, 0.3) is 0 Å². The van der Waals surface area contributed by atoms with Gasteiger partial charge in [-0.3, -0.25) is 0 Å². The van der Waals surface area contributed by atoms with Gasteiger partial charge in [0.1, 0.15) is 0 Å². The van der Waals surface area contributed by atoms with Gasteiger partial charge in [-0.25, -0.2) is 9.59 Å². The minimum absolute atomic E-state index is 0.233. The third-order valence-electron chi connectivity index (χ3n) is 3.37. The molecule has 0 amide bonds. The summed E-state index contributed by atoms with van der Waals surface area (Å²) in [6.07, 6.45) is 0. The maximum Gasteiger partial charge on any atom is 0.350 e. The molecule has 1 aliphatic rings. The van der Waals surface area contributed by atoms with Crippen LogP contribution in [-0.2, 0) is 14.3 Å². The summed E-state index contributed by atoms with van der Waals surface area (Å²) >= 11 is 0. The molecule has 1 aliphatic heterocycles. The fourth-order valence-electron chi connectivity index (χ4n) is 2.11. The van der Waals surface area contributed by atoms with Crippen LogP contribution in [0.4, 0.5) is 0 Å². The van der Waals surface area contributed by atoms with E-state index in [0.29, 0.717) is 5.56 Å². The predicted molar refractivity (Wildman–Crippen MR) is 60.7 cm³/mol. The van der Waals surface area contributed by atoms with E-state index in [1.165, 1.54) is 7.11 Å². The minimum atomic E-state index is -1.25. The summed E-state index contributed by atoms with van der Waals surface area (Å²) in [7, 11) is 1.29. The van der Waals surface area contributed by atoms with Crippen molar-refractivity contribution in [3.05, 3.63) is 35.4 Å². The van der Waals surface area contributed by atoms with Crippen molar-refractivity contribution in [3.63, 3.8) is 0 Å². The van der Waals surface area contributed by atoms with Gasteiger partial charge in [0.15, 0.2) is 0 Å². The number of hydrogen-bond acceptors (Lipinski definition) is 4. The molecule has 2 atom stereocenters. The zero-order valence-corrected chi connectivity index (χ0v) is 10.0. The van der Waals surface area contributed by atoms with Gasteiger partial charge in [0, 0.05) is 5.92 Å². The van der Waals surface area contributed by atoms with E-state index in [4.69, 9.17) is 9.47 Å². The highest BCUT2D eigenvalue weighted by molar-refractivity contribution is 5.97. The van der Waals surface area contributed by atoms with E-state index in [2.05, 4.69) is 0 Å². The van der Waals surface area contributed by atoms with Crippen LogP contribution >= 0.6 is 0 Å². The highest BCUT2D eigenvalue weighted by Gasteiger charge is 2.49. The van der Waals surface area contributed by atoms with Gasteiger partial charge in [0.25, 0.3) is 0 Å². The van der Waals surface area contributed by atoms with E-state index in [0.717, 1.165) is 5.56 Å². The Morgan fingerprint density at radius 2 is 2.06 bits per heavy atom. The summed E-state index contributed by atoms with van der Waals surface area (Å²) in [5, 5.41) is 0. The Hall–Kier alpha value is -1.84. The number of cyclic esters (lactones) is 1. The first-order chi connectivity index (χ1) is 8.00. The lowest BCUT2D eigenvalue weighted by Gasteiger charge is -2.37. The van der Waals surface area contributed by atoms with E-state index >= 15 is 0 Å². The molecule has 90 valence electrons. The second-order valence-corrected chi connectivity index (χ2v) is 4.30. The summed E-state index contributed by atoms with van der Waals surface area (Å²) in [6.45, 7) is 3.43. The van der Waals surface area contributed by atoms with Gasteiger partial charge in [-0.1, -0.05) is 25.1 Å². The Balaban J connectivity index is 2.53. The second kappa shape index (κ2) is 3.87. The predicted octanol–water partition coefficient (Wildman–Crippen LogP) is 1.89. The lowest BCUT2D eigenvalue weighted by Crippen LogP contribution is -2.48. The van der Waals surface area contributed by atoms with E-state index in [-0.39, 0.29) is 5.92 Å². The minimum Gasteiger partial charge on any atom is -0.466 e. The molecular weight excluding hydrogens is 220 g/mol. The van der Waals surface area contributed by atoms with Gasteiger partial charge >= 0.3 is 11.9 Å². The molecule has 4 nitrogen and oxygen atoms in total. The third-order valence-corrected chi connectivity index (χ3v) is 3.37. The quantitative estimate of drug-likeness (QED) is 0.696. The Kier molecular flexibility index (Phi) is 2.65. The van der Waals surface area contributed by atoms with Crippen LogP contribution < -0.4 is 0 Å². The van der Waals surface area contributed by atoms with Crippen LogP contribution in [0.3, 0.4) is 0 Å². The van der Waals surface area contributed by atoms with Gasteiger partial charge in [-0.2, -0.15) is 0 Å². The van der Waals surface area contributed by atoms with Gasteiger partial charge in [-0.05, 0) is 18.6 Å². The van der Waals surface area contributed by atoms with E-state index in [1.54, 1.807) is 19.1 Å². The van der Waals surface area contributed by atoms with Crippen LogP contribution in [-0.4, -0.2) is 24.6 Å². The molecule has 0 aliphatic carbocycles. The van der Waals surface area contributed by atoms with Crippen LogP contribution in [0.5, 0.6) is 0 Å². The van der Waals surface area contributed by atoms with Crippen molar-refractivity contribution in [1.29, 1.82) is 0 Å². The zero-order chi connectivity index (χ0) is 12.6. The number of rotatable bonds is 1. The van der Waals surface area contributed by atoms with Crippen molar-refractivity contribution < 1.29 is 19.1 Å². The van der Waals surface area contributed by atoms with Crippen molar-refractivity contribution in [1.82, 2.24) is 0 Å². The highest BCUT2D eigenvalue weighted by atomic mass is 16.6. The van der Waals surface area contributed by atoms with Crippen LogP contribution in [0.2, 0.25) is 0 Å². The van der Waals surface area contributed by atoms with Gasteiger partial charge in [0.05, 0.1) is 12.7 Å². The maximum atomic E-state index is 11.8. The second-order valence-electron chi connectivity index (χ2n) is 4.30. The molecule has 0 radical (unpaired) electrons. The summed E-state index contributed by atoms with van der Waals surface area (Å²) in [4.78, 5) is 23.6. The van der Waals surface area contributed by atoms with Gasteiger partial charge in [0.2, 0.25) is 5.60 Å². The average molecular weight is 234 g/mol. The zero-order valence-electron chi connectivity index (χ0n) is 10.0. The van der Waals surface area contributed by atoms with Gasteiger partial charge in [-0.15, -0.1) is 0 Å². The Labute approximate surface area is 99.5 Å². The first-order valence-electron chi connectivity index (χ1n) is 5.41. The fraction of sp³-hybridized carbons (Fsp3) is 0.385. The number of carbonyl (C=O) groups excluding carboxylic acids is 2.